The minimum absolute atomic E-state index is 0.0425. The predicted octanol–water partition coefficient (Wildman–Crippen LogP) is 3.06. The molecule has 2 heterocycles. The number of carbonyl (C=O) groups excluding carboxylic acids is 4. The lowest BCUT2D eigenvalue weighted by molar-refractivity contribution is -0.134. The fourth-order valence-corrected chi connectivity index (χ4v) is 3.95. The molecule has 3 N–H and O–H groups in total. The van der Waals surface area contributed by atoms with Gasteiger partial charge in [0.2, 0.25) is 11.8 Å². The van der Waals surface area contributed by atoms with Crippen LogP contribution >= 0.6 is 0 Å². The predicted molar refractivity (Wildman–Crippen MR) is 150 cm³/mol. The molecule has 0 radical (unpaired) electrons. The van der Waals surface area contributed by atoms with E-state index in [0.29, 0.717) is 11.1 Å². The molecule has 0 saturated carbocycles. The number of rotatable bonds is 12. The molecule has 2 aromatic heterocycles. The molecule has 1 unspecified atom stereocenters. The van der Waals surface area contributed by atoms with Gasteiger partial charge >= 0.3 is 5.97 Å². The summed E-state index contributed by atoms with van der Waals surface area (Å²) in [5.41, 5.74) is 0.542. The zero-order chi connectivity index (χ0) is 29.2. The zero-order valence-corrected chi connectivity index (χ0v) is 23.0. The van der Waals surface area contributed by atoms with Gasteiger partial charge < -0.3 is 29.7 Å². The van der Waals surface area contributed by atoms with Crippen LogP contribution in [0, 0.1) is 6.92 Å². The molecule has 1 aromatic carbocycles. The van der Waals surface area contributed by atoms with Crippen LogP contribution in [-0.2, 0) is 25.7 Å². The first-order valence-electron chi connectivity index (χ1n) is 13.0. The molecule has 3 amide bonds. The fraction of sp³-hybridized carbons (Fsp3) is 0.345. The number of hydrogen-bond donors (Lipinski definition) is 3. The second-order valence-electron chi connectivity index (χ2n) is 9.30. The Kier molecular flexibility index (Phi) is 10.4. The van der Waals surface area contributed by atoms with Crippen molar-refractivity contribution in [3.63, 3.8) is 0 Å². The Morgan fingerprint density at radius 2 is 1.85 bits per heavy atom. The largest absolute Gasteiger partial charge is 0.466 e. The molecule has 11 heteroatoms. The number of aromatic nitrogens is 1. The maximum Gasteiger partial charge on any atom is 0.330 e. The molecule has 40 heavy (non-hydrogen) atoms. The van der Waals surface area contributed by atoms with E-state index in [4.69, 9.17) is 4.42 Å². The van der Waals surface area contributed by atoms with E-state index in [9.17, 15) is 24.0 Å². The van der Waals surface area contributed by atoms with E-state index < -0.39 is 29.4 Å². The van der Waals surface area contributed by atoms with Gasteiger partial charge in [-0.2, -0.15) is 0 Å². The SMILES string of the molecule is CCC(C)NC(=O)Cn1cccc(NC(=O)[C@H](CC/C=C/C(=O)OC)NC(=O)c2oc3ccccc3c2C)c1=O. The summed E-state index contributed by atoms with van der Waals surface area (Å²) >= 11 is 0. The van der Waals surface area contributed by atoms with Gasteiger partial charge in [0.05, 0.1) is 7.11 Å². The van der Waals surface area contributed by atoms with Crippen molar-refractivity contribution >= 4 is 40.3 Å². The highest BCUT2D eigenvalue weighted by molar-refractivity contribution is 6.03. The van der Waals surface area contributed by atoms with Crippen molar-refractivity contribution in [1.82, 2.24) is 15.2 Å². The van der Waals surface area contributed by atoms with Crippen molar-refractivity contribution in [2.45, 2.75) is 58.7 Å². The number of methoxy groups -OCH3 is 1. The topological polar surface area (TPSA) is 149 Å². The maximum atomic E-state index is 13.3. The van der Waals surface area contributed by atoms with Crippen molar-refractivity contribution in [2.75, 3.05) is 12.4 Å². The maximum absolute atomic E-state index is 13.3. The van der Waals surface area contributed by atoms with Crippen LogP contribution in [0.1, 0.15) is 49.2 Å². The fourth-order valence-electron chi connectivity index (χ4n) is 3.95. The lowest BCUT2D eigenvalue weighted by Gasteiger charge is -2.18. The van der Waals surface area contributed by atoms with E-state index in [0.717, 1.165) is 11.8 Å². The summed E-state index contributed by atoms with van der Waals surface area (Å²) in [5, 5.41) is 8.82. The number of esters is 1. The first-order valence-corrected chi connectivity index (χ1v) is 13.0. The van der Waals surface area contributed by atoms with E-state index >= 15 is 0 Å². The molecule has 212 valence electrons. The number of aryl methyl sites for hydroxylation is 1. The Hall–Kier alpha value is -4.67. The number of nitrogens with one attached hydrogen (secondary N) is 3. The Morgan fingerprint density at radius 3 is 2.55 bits per heavy atom. The van der Waals surface area contributed by atoms with Gasteiger partial charge in [-0.15, -0.1) is 0 Å². The number of para-hydroxylation sites is 1. The number of anilines is 1. The Balaban J connectivity index is 1.80. The molecule has 0 bridgehead atoms. The number of nitrogens with zero attached hydrogens (tertiary/aromatic N) is 1. The molecule has 0 aliphatic rings. The molecule has 0 aliphatic heterocycles. The second kappa shape index (κ2) is 13.9. The first kappa shape index (κ1) is 29.9. The van der Waals surface area contributed by atoms with E-state index in [-0.39, 0.29) is 42.8 Å². The van der Waals surface area contributed by atoms with Crippen molar-refractivity contribution in [2.24, 2.45) is 0 Å². The van der Waals surface area contributed by atoms with Crippen LogP contribution in [0.25, 0.3) is 11.0 Å². The third-order valence-corrected chi connectivity index (χ3v) is 6.36. The van der Waals surface area contributed by atoms with Gasteiger partial charge in [0.25, 0.3) is 11.5 Å². The zero-order valence-electron chi connectivity index (χ0n) is 23.0. The van der Waals surface area contributed by atoms with E-state index in [1.54, 1.807) is 19.1 Å². The molecule has 2 atom stereocenters. The van der Waals surface area contributed by atoms with E-state index in [1.807, 2.05) is 26.0 Å². The highest BCUT2D eigenvalue weighted by Gasteiger charge is 2.25. The van der Waals surface area contributed by atoms with Crippen molar-refractivity contribution < 1.29 is 28.3 Å². The molecule has 3 aromatic rings. The highest BCUT2D eigenvalue weighted by atomic mass is 16.5. The van der Waals surface area contributed by atoms with Crippen molar-refractivity contribution in [3.8, 4) is 0 Å². The summed E-state index contributed by atoms with van der Waals surface area (Å²) in [4.78, 5) is 63.1. The van der Waals surface area contributed by atoms with E-state index in [2.05, 4.69) is 20.7 Å². The number of pyridine rings is 1. The summed E-state index contributed by atoms with van der Waals surface area (Å²) in [6, 6.07) is 9.03. The van der Waals surface area contributed by atoms with Gasteiger partial charge in [-0.05, 0) is 51.3 Å². The molecule has 0 fully saturated rings. The van der Waals surface area contributed by atoms with Crippen LogP contribution in [0.15, 0.2) is 64.0 Å². The number of fused-ring (bicyclic) bond motifs is 1. The summed E-state index contributed by atoms with van der Waals surface area (Å²) in [6.07, 6.45) is 5.31. The highest BCUT2D eigenvalue weighted by Crippen LogP contribution is 2.25. The first-order chi connectivity index (χ1) is 19.1. The number of amides is 3. The van der Waals surface area contributed by atoms with E-state index in [1.165, 1.54) is 42.2 Å². The van der Waals surface area contributed by atoms with Gasteiger partial charge in [0, 0.05) is 29.3 Å². The number of hydrogen-bond acceptors (Lipinski definition) is 7. The number of benzene rings is 1. The summed E-state index contributed by atoms with van der Waals surface area (Å²) in [7, 11) is 1.25. The van der Waals surface area contributed by atoms with Crippen LogP contribution in [-0.4, -0.2) is 47.5 Å². The van der Waals surface area contributed by atoms with Crippen molar-refractivity contribution in [1.29, 1.82) is 0 Å². The van der Waals surface area contributed by atoms with Gasteiger partial charge in [0.15, 0.2) is 5.76 Å². The number of furan rings is 1. The molecule has 0 saturated heterocycles. The van der Waals surface area contributed by atoms with Crippen LogP contribution < -0.4 is 21.5 Å². The summed E-state index contributed by atoms with van der Waals surface area (Å²) in [6.45, 7) is 5.33. The average Bonchev–Trinajstić information content (AvgIpc) is 3.28. The lowest BCUT2D eigenvalue weighted by atomic mass is 10.1. The molecule has 11 nitrogen and oxygen atoms in total. The second-order valence-corrected chi connectivity index (χ2v) is 9.30. The molecule has 0 aliphatic carbocycles. The standard InChI is InChI=1S/C29H34N4O7/c1-5-18(2)30-24(34)17-33-16-10-13-22(29(33)38)32-27(36)21(12-7-9-15-25(35)39-4)31-28(37)26-19(3)20-11-6-8-14-23(20)40-26/h6,8-11,13-16,18,21H,5,7,12,17H2,1-4H3,(H,30,34)(H,31,37)(H,32,36)/b15-9+/t18?,21-/m0/s1. The quantitative estimate of drug-likeness (QED) is 0.232. The number of carbonyl (C=O) groups is 4. The Bertz CT molecular complexity index is 1470. The average molecular weight is 551 g/mol. The van der Waals surface area contributed by atoms with Gasteiger partial charge in [-0.1, -0.05) is 31.2 Å². The van der Waals surface area contributed by atoms with Crippen LogP contribution in [0.4, 0.5) is 5.69 Å². The Morgan fingerprint density at radius 1 is 1.10 bits per heavy atom. The molecule has 0 spiro atoms. The smallest absolute Gasteiger partial charge is 0.330 e. The number of ether oxygens (including phenoxy) is 1. The summed E-state index contributed by atoms with van der Waals surface area (Å²) < 4.78 is 11.5. The summed E-state index contributed by atoms with van der Waals surface area (Å²) in [5.74, 6) is -2.06. The molecular weight excluding hydrogens is 516 g/mol. The van der Waals surface area contributed by atoms with Gasteiger partial charge in [-0.3, -0.25) is 19.2 Å². The lowest BCUT2D eigenvalue weighted by Crippen LogP contribution is -2.44. The monoisotopic (exact) mass is 550 g/mol. The van der Waals surface area contributed by atoms with Crippen LogP contribution in [0.2, 0.25) is 0 Å². The third kappa shape index (κ3) is 7.68. The minimum Gasteiger partial charge on any atom is -0.466 e. The van der Waals surface area contributed by atoms with Crippen LogP contribution in [0.3, 0.4) is 0 Å². The minimum atomic E-state index is -1.08. The van der Waals surface area contributed by atoms with Gasteiger partial charge in [-0.25, -0.2) is 4.79 Å². The van der Waals surface area contributed by atoms with Crippen LogP contribution in [0.5, 0.6) is 0 Å². The normalized spacial score (nSPS) is 12.6. The molecular formula is C29H34N4O7. The Labute approximate surface area is 231 Å². The van der Waals surface area contributed by atoms with Gasteiger partial charge in [0.1, 0.15) is 23.9 Å². The number of allylic oxidation sites excluding steroid dienone is 1. The molecule has 3 rings (SSSR count). The third-order valence-electron chi connectivity index (χ3n) is 6.36. The van der Waals surface area contributed by atoms with Crippen molar-refractivity contribution in [3.05, 3.63) is 76.4 Å².